The van der Waals surface area contributed by atoms with Gasteiger partial charge in [-0.15, -0.1) is 6.42 Å². The maximum absolute atomic E-state index is 13.3. The van der Waals surface area contributed by atoms with E-state index in [4.69, 9.17) is 11.2 Å². The summed E-state index contributed by atoms with van der Waals surface area (Å²) in [6, 6.07) is 4.39. The molecular formula is C16H19FN2O2S. The van der Waals surface area contributed by atoms with Crippen LogP contribution in [-0.4, -0.2) is 48.6 Å². The number of nitrogens with one attached hydrogen (secondary N) is 1. The van der Waals surface area contributed by atoms with E-state index in [1.165, 1.54) is 18.2 Å². The monoisotopic (exact) mass is 322 g/mol. The van der Waals surface area contributed by atoms with Gasteiger partial charge in [0.15, 0.2) is 0 Å². The first kappa shape index (κ1) is 16.7. The summed E-state index contributed by atoms with van der Waals surface area (Å²) in [5.41, 5.74) is 0.427. The Bertz CT molecular complexity index is 568. The van der Waals surface area contributed by atoms with Crippen molar-refractivity contribution in [3.63, 3.8) is 0 Å². The van der Waals surface area contributed by atoms with Gasteiger partial charge < -0.3 is 10.1 Å². The number of anilines is 1. The number of rotatable bonds is 6. The van der Waals surface area contributed by atoms with Crippen LogP contribution in [0.15, 0.2) is 18.2 Å². The van der Waals surface area contributed by atoms with Crippen molar-refractivity contribution in [2.75, 3.05) is 37.0 Å². The van der Waals surface area contributed by atoms with Crippen LogP contribution >= 0.6 is 11.8 Å². The minimum absolute atomic E-state index is 0.0194. The molecule has 1 saturated heterocycles. The third kappa shape index (κ3) is 4.65. The Balaban J connectivity index is 1.96. The molecule has 6 heteroatoms. The normalized spacial score (nSPS) is 17.3. The highest BCUT2D eigenvalue weighted by Gasteiger charge is 2.22. The molecule has 0 aromatic heterocycles. The summed E-state index contributed by atoms with van der Waals surface area (Å²) in [5.74, 6) is 4.15. The van der Waals surface area contributed by atoms with Gasteiger partial charge in [0.1, 0.15) is 18.2 Å². The van der Waals surface area contributed by atoms with E-state index in [9.17, 15) is 9.18 Å². The third-order valence-electron chi connectivity index (χ3n) is 3.45. The van der Waals surface area contributed by atoms with Crippen LogP contribution in [0.25, 0.3) is 0 Å². The van der Waals surface area contributed by atoms with Crippen molar-refractivity contribution in [2.24, 2.45) is 0 Å². The fourth-order valence-electron chi connectivity index (χ4n) is 2.25. The molecule has 118 valence electrons. The van der Waals surface area contributed by atoms with Crippen LogP contribution in [0.5, 0.6) is 5.75 Å². The number of ether oxygens (including phenoxy) is 1. The van der Waals surface area contributed by atoms with Crippen molar-refractivity contribution in [2.45, 2.75) is 12.5 Å². The highest BCUT2D eigenvalue weighted by Crippen LogP contribution is 2.26. The van der Waals surface area contributed by atoms with Crippen molar-refractivity contribution in [1.29, 1.82) is 0 Å². The second-order valence-corrected chi connectivity index (χ2v) is 6.26. The van der Waals surface area contributed by atoms with Gasteiger partial charge in [0.25, 0.3) is 0 Å². The van der Waals surface area contributed by atoms with Gasteiger partial charge in [-0.05, 0) is 31.4 Å². The zero-order chi connectivity index (χ0) is 15.9. The van der Waals surface area contributed by atoms with Gasteiger partial charge in [-0.3, -0.25) is 9.69 Å². The van der Waals surface area contributed by atoms with E-state index in [2.05, 4.69) is 11.2 Å². The summed E-state index contributed by atoms with van der Waals surface area (Å²) < 4.78 is 18.5. The molecule has 1 aliphatic heterocycles. The number of carbonyl (C=O) groups excluding carboxylic acids is 1. The molecule has 1 amide bonds. The predicted molar refractivity (Wildman–Crippen MR) is 87.7 cm³/mol. The second-order valence-electron chi connectivity index (χ2n) is 5.11. The maximum atomic E-state index is 13.3. The Morgan fingerprint density at radius 2 is 2.45 bits per heavy atom. The molecular weight excluding hydrogens is 303 g/mol. The van der Waals surface area contributed by atoms with Crippen LogP contribution in [0.1, 0.15) is 6.42 Å². The molecule has 22 heavy (non-hydrogen) atoms. The van der Waals surface area contributed by atoms with Crippen LogP contribution in [0.3, 0.4) is 0 Å². The molecule has 0 spiro atoms. The van der Waals surface area contributed by atoms with Crippen molar-refractivity contribution in [3.05, 3.63) is 24.0 Å². The molecule has 1 aliphatic rings. The van der Waals surface area contributed by atoms with E-state index in [0.717, 1.165) is 17.9 Å². The van der Waals surface area contributed by atoms with E-state index in [1.54, 1.807) is 0 Å². The molecule has 1 fully saturated rings. The lowest BCUT2D eigenvalue weighted by molar-refractivity contribution is -0.117. The molecule has 0 bridgehead atoms. The van der Waals surface area contributed by atoms with Crippen LogP contribution < -0.4 is 10.1 Å². The Labute approximate surface area is 134 Å². The summed E-state index contributed by atoms with van der Waals surface area (Å²) >= 11 is 1.90. The Morgan fingerprint density at radius 3 is 3.14 bits per heavy atom. The average molecular weight is 322 g/mol. The third-order valence-corrected chi connectivity index (χ3v) is 4.60. The molecule has 4 nitrogen and oxygen atoms in total. The van der Waals surface area contributed by atoms with Gasteiger partial charge in [-0.25, -0.2) is 4.39 Å². The lowest BCUT2D eigenvalue weighted by Crippen LogP contribution is -2.38. The number of hydrogen-bond donors (Lipinski definition) is 1. The van der Waals surface area contributed by atoms with Crippen molar-refractivity contribution < 1.29 is 13.9 Å². The SMILES string of the molecule is C#CCOc1cc(F)ccc1NC(=O)CN(C)[C@H]1CCSC1. The number of benzene rings is 1. The van der Waals surface area contributed by atoms with Crippen LogP contribution in [0.2, 0.25) is 0 Å². The largest absolute Gasteiger partial charge is 0.479 e. The van der Waals surface area contributed by atoms with E-state index in [1.807, 2.05) is 23.7 Å². The van der Waals surface area contributed by atoms with Gasteiger partial charge in [0.2, 0.25) is 5.91 Å². The molecule has 0 radical (unpaired) electrons. The van der Waals surface area contributed by atoms with E-state index in [-0.39, 0.29) is 24.8 Å². The van der Waals surface area contributed by atoms with Crippen LogP contribution in [0, 0.1) is 18.2 Å². The second kappa shape index (κ2) is 8.06. The lowest BCUT2D eigenvalue weighted by atomic mass is 10.2. The number of nitrogens with zero attached hydrogens (tertiary/aromatic N) is 1. The standard InChI is InChI=1S/C16H19FN2O2S/c1-3-7-21-15-9-12(17)4-5-14(15)18-16(20)10-19(2)13-6-8-22-11-13/h1,4-5,9,13H,6-8,10-11H2,2H3,(H,18,20)/t13-/m0/s1. The zero-order valence-corrected chi connectivity index (χ0v) is 13.3. The van der Waals surface area contributed by atoms with Crippen molar-refractivity contribution >= 4 is 23.4 Å². The van der Waals surface area contributed by atoms with Gasteiger partial charge >= 0.3 is 0 Å². The number of halogens is 1. The van der Waals surface area contributed by atoms with E-state index in [0.29, 0.717) is 11.7 Å². The van der Waals surface area contributed by atoms with Gasteiger partial charge in [-0.2, -0.15) is 11.8 Å². The van der Waals surface area contributed by atoms with Gasteiger partial charge in [-0.1, -0.05) is 5.92 Å². The molecule has 1 N–H and O–H groups in total. The van der Waals surface area contributed by atoms with Crippen molar-refractivity contribution in [1.82, 2.24) is 4.90 Å². The fraction of sp³-hybridized carbons (Fsp3) is 0.438. The minimum atomic E-state index is -0.440. The summed E-state index contributed by atoms with van der Waals surface area (Å²) in [7, 11) is 1.94. The summed E-state index contributed by atoms with van der Waals surface area (Å²) in [5, 5.41) is 2.75. The Morgan fingerprint density at radius 1 is 1.64 bits per heavy atom. The first-order chi connectivity index (χ1) is 10.6. The molecule has 1 aromatic rings. The molecule has 0 unspecified atom stereocenters. The molecule has 1 heterocycles. The number of thioether (sulfide) groups is 1. The summed E-state index contributed by atoms with van der Waals surface area (Å²) in [4.78, 5) is 14.2. The average Bonchev–Trinajstić information content (AvgIpc) is 3.01. The Kier molecular flexibility index (Phi) is 6.10. The van der Waals surface area contributed by atoms with Crippen molar-refractivity contribution in [3.8, 4) is 18.1 Å². The van der Waals surface area contributed by atoms with Crippen LogP contribution in [-0.2, 0) is 4.79 Å². The number of likely N-dealkylation sites (N-methyl/N-ethyl adjacent to an activating group) is 1. The first-order valence-electron chi connectivity index (χ1n) is 7.04. The number of carbonyl (C=O) groups is 1. The number of terminal acetylenes is 1. The van der Waals surface area contributed by atoms with Gasteiger partial charge in [0, 0.05) is 17.9 Å². The van der Waals surface area contributed by atoms with Gasteiger partial charge in [0.05, 0.1) is 12.2 Å². The zero-order valence-electron chi connectivity index (χ0n) is 12.5. The topological polar surface area (TPSA) is 41.6 Å². The molecule has 0 saturated carbocycles. The molecule has 2 rings (SSSR count). The molecule has 1 aromatic carbocycles. The van der Waals surface area contributed by atoms with E-state index >= 15 is 0 Å². The smallest absolute Gasteiger partial charge is 0.238 e. The lowest BCUT2D eigenvalue weighted by Gasteiger charge is -2.22. The minimum Gasteiger partial charge on any atom is -0.479 e. The maximum Gasteiger partial charge on any atom is 0.238 e. The number of hydrogen-bond acceptors (Lipinski definition) is 4. The highest BCUT2D eigenvalue weighted by molar-refractivity contribution is 7.99. The van der Waals surface area contributed by atoms with Crippen LogP contribution in [0.4, 0.5) is 10.1 Å². The summed E-state index contributed by atoms with van der Waals surface area (Å²) in [6.45, 7) is 0.308. The quantitative estimate of drug-likeness (QED) is 0.816. The number of amides is 1. The molecule has 1 atom stereocenters. The fourth-order valence-corrected chi connectivity index (χ4v) is 3.55. The predicted octanol–water partition coefficient (Wildman–Crippen LogP) is 2.21. The Hall–Kier alpha value is -1.71. The summed E-state index contributed by atoms with van der Waals surface area (Å²) in [6.07, 6.45) is 6.24. The first-order valence-corrected chi connectivity index (χ1v) is 8.19. The van der Waals surface area contributed by atoms with E-state index < -0.39 is 5.82 Å². The molecule has 0 aliphatic carbocycles. The highest BCUT2D eigenvalue weighted by atomic mass is 32.2.